The van der Waals surface area contributed by atoms with Crippen LogP contribution in [-0.2, 0) is 14.1 Å². The Morgan fingerprint density at radius 1 is 1.14 bits per heavy atom. The molecule has 4 heterocycles. The molecule has 1 amide bonds. The van der Waals surface area contributed by atoms with Crippen molar-refractivity contribution in [2.75, 3.05) is 7.05 Å². The predicted octanol–water partition coefficient (Wildman–Crippen LogP) is 1.14. The van der Waals surface area contributed by atoms with Gasteiger partial charge in [-0.15, -0.1) is 24.8 Å². The number of carbonyl (C=O) groups excluding carboxylic acids is 1. The van der Waals surface area contributed by atoms with Crippen LogP contribution in [0.4, 0.5) is 0 Å². The van der Waals surface area contributed by atoms with Crippen molar-refractivity contribution < 1.29 is 4.79 Å². The van der Waals surface area contributed by atoms with E-state index in [-0.39, 0.29) is 53.7 Å². The molecule has 8 nitrogen and oxygen atoms in total. The number of carbonyl (C=O) groups is 1. The number of rotatable bonds is 2. The Labute approximate surface area is 181 Å². The van der Waals surface area contributed by atoms with Gasteiger partial charge in [0, 0.05) is 39.3 Å². The molecule has 0 radical (unpaired) electrons. The van der Waals surface area contributed by atoms with E-state index in [0.717, 1.165) is 17.4 Å². The third-order valence-electron chi connectivity index (χ3n) is 6.14. The van der Waals surface area contributed by atoms with Gasteiger partial charge >= 0.3 is 5.69 Å². The van der Waals surface area contributed by atoms with Crippen molar-refractivity contribution in [2.45, 2.75) is 50.7 Å². The summed E-state index contributed by atoms with van der Waals surface area (Å²) in [5, 5.41) is 3.96. The predicted molar refractivity (Wildman–Crippen MR) is 117 cm³/mol. The van der Waals surface area contributed by atoms with Gasteiger partial charge in [-0.2, -0.15) is 0 Å². The Hall–Kier alpha value is -1.90. The van der Waals surface area contributed by atoms with Gasteiger partial charge in [0.1, 0.15) is 11.3 Å². The standard InChI is InChI=1S/C19H25N5O3.2ClH/c1-10-7-14(21-16-15(10)18(26)24(4)19(27)23(16)3)17(25)22(2)13-8-11-5-6-12(9-13)20-11;;/h7,11-13,20H,5-6,8-9H2,1-4H3;2*1H. The minimum Gasteiger partial charge on any atom is -0.337 e. The zero-order valence-electron chi connectivity index (χ0n) is 17.0. The highest BCUT2D eigenvalue weighted by atomic mass is 35.5. The number of nitrogens with one attached hydrogen (secondary N) is 1. The van der Waals surface area contributed by atoms with Gasteiger partial charge in [0.05, 0.1) is 5.39 Å². The summed E-state index contributed by atoms with van der Waals surface area (Å²) >= 11 is 0. The van der Waals surface area contributed by atoms with E-state index < -0.39 is 5.69 Å². The Morgan fingerprint density at radius 3 is 2.31 bits per heavy atom. The van der Waals surface area contributed by atoms with Crippen LogP contribution in [0.3, 0.4) is 0 Å². The van der Waals surface area contributed by atoms with Crippen LogP contribution in [-0.4, -0.2) is 50.1 Å². The molecule has 2 fully saturated rings. The fourth-order valence-corrected chi connectivity index (χ4v) is 4.53. The van der Waals surface area contributed by atoms with Crippen molar-refractivity contribution in [1.82, 2.24) is 24.3 Å². The first kappa shape index (κ1) is 23.4. The van der Waals surface area contributed by atoms with Gasteiger partial charge in [0.25, 0.3) is 11.5 Å². The molecule has 1 N–H and O–H groups in total. The third-order valence-corrected chi connectivity index (χ3v) is 6.14. The van der Waals surface area contributed by atoms with E-state index in [1.807, 2.05) is 7.05 Å². The van der Waals surface area contributed by atoms with Crippen LogP contribution in [0.15, 0.2) is 15.7 Å². The Kier molecular flexibility index (Phi) is 6.82. The maximum Gasteiger partial charge on any atom is 0.332 e. The van der Waals surface area contributed by atoms with Gasteiger partial charge in [-0.3, -0.25) is 18.7 Å². The highest BCUT2D eigenvalue weighted by molar-refractivity contribution is 5.95. The number of hydrogen-bond donors (Lipinski definition) is 1. The first-order valence-electron chi connectivity index (χ1n) is 9.38. The third kappa shape index (κ3) is 3.81. The van der Waals surface area contributed by atoms with Gasteiger partial charge < -0.3 is 10.2 Å². The highest BCUT2D eigenvalue weighted by Crippen LogP contribution is 2.30. The molecule has 10 heteroatoms. The topological polar surface area (TPSA) is 89.2 Å². The van der Waals surface area contributed by atoms with Gasteiger partial charge in [-0.1, -0.05) is 0 Å². The Morgan fingerprint density at radius 2 is 1.72 bits per heavy atom. The molecule has 160 valence electrons. The van der Waals surface area contributed by atoms with Crippen molar-refractivity contribution in [3.63, 3.8) is 0 Å². The van der Waals surface area contributed by atoms with Crippen molar-refractivity contribution in [1.29, 1.82) is 0 Å². The summed E-state index contributed by atoms with van der Waals surface area (Å²) in [6.45, 7) is 1.78. The lowest BCUT2D eigenvalue weighted by atomic mass is 9.98. The van der Waals surface area contributed by atoms with Crippen molar-refractivity contribution in [3.05, 3.63) is 38.2 Å². The van der Waals surface area contributed by atoms with E-state index in [2.05, 4.69) is 10.3 Å². The number of halogens is 2. The zero-order valence-corrected chi connectivity index (χ0v) is 18.6. The molecule has 2 bridgehead atoms. The lowest BCUT2D eigenvalue weighted by molar-refractivity contribution is 0.0676. The van der Waals surface area contributed by atoms with E-state index in [1.54, 1.807) is 24.9 Å². The smallest absolute Gasteiger partial charge is 0.332 e. The number of piperidine rings is 1. The van der Waals surface area contributed by atoms with Gasteiger partial charge in [0.15, 0.2) is 0 Å². The summed E-state index contributed by atoms with van der Waals surface area (Å²) in [7, 11) is 4.84. The second-order valence-electron chi connectivity index (χ2n) is 7.91. The molecule has 4 rings (SSSR count). The fraction of sp³-hybridized carbons (Fsp3) is 0.579. The zero-order chi connectivity index (χ0) is 19.5. The fourth-order valence-electron chi connectivity index (χ4n) is 4.53. The molecule has 2 atom stereocenters. The number of fused-ring (bicyclic) bond motifs is 3. The van der Waals surface area contributed by atoms with Crippen molar-refractivity contribution in [2.24, 2.45) is 14.1 Å². The number of aromatic nitrogens is 3. The molecule has 0 aliphatic carbocycles. The maximum atomic E-state index is 13.1. The summed E-state index contributed by atoms with van der Waals surface area (Å²) in [5.74, 6) is -0.167. The molecule has 2 aromatic heterocycles. The second-order valence-corrected chi connectivity index (χ2v) is 7.91. The van der Waals surface area contributed by atoms with Crippen LogP contribution in [0, 0.1) is 6.92 Å². The number of nitrogens with zero attached hydrogens (tertiary/aromatic N) is 4. The molecule has 2 unspecified atom stereocenters. The highest BCUT2D eigenvalue weighted by Gasteiger charge is 2.36. The number of pyridine rings is 1. The minimum atomic E-state index is -0.452. The van der Waals surface area contributed by atoms with E-state index >= 15 is 0 Å². The van der Waals surface area contributed by atoms with E-state index in [4.69, 9.17) is 0 Å². The van der Waals surface area contributed by atoms with E-state index in [1.165, 1.54) is 24.5 Å². The Bertz CT molecular complexity index is 1050. The summed E-state index contributed by atoms with van der Waals surface area (Å²) in [6, 6.07) is 2.81. The maximum absolute atomic E-state index is 13.1. The average molecular weight is 444 g/mol. The number of hydrogen-bond acceptors (Lipinski definition) is 5. The molecular weight excluding hydrogens is 417 g/mol. The van der Waals surface area contributed by atoms with Crippen LogP contribution in [0.1, 0.15) is 41.7 Å². The van der Waals surface area contributed by atoms with Crippen LogP contribution in [0.5, 0.6) is 0 Å². The molecule has 29 heavy (non-hydrogen) atoms. The molecular formula is C19H27Cl2N5O3. The summed E-state index contributed by atoms with van der Waals surface area (Å²) in [5.41, 5.74) is 0.341. The first-order valence-corrected chi connectivity index (χ1v) is 9.38. The van der Waals surface area contributed by atoms with Gasteiger partial charge in [-0.05, 0) is 44.2 Å². The summed E-state index contributed by atoms with van der Waals surface area (Å²) < 4.78 is 2.39. The minimum absolute atomic E-state index is 0. The lowest BCUT2D eigenvalue weighted by Crippen LogP contribution is -2.49. The number of amides is 1. The summed E-state index contributed by atoms with van der Waals surface area (Å²) in [6.07, 6.45) is 4.23. The molecule has 2 saturated heterocycles. The van der Waals surface area contributed by atoms with Crippen molar-refractivity contribution >= 4 is 41.8 Å². The monoisotopic (exact) mass is 443 g/mol. The second kappa shape index (κ2) is 8.45. The average Bonchev–Trinajstić information content (AvgIpc) is 3.00. The normalized spacial score (nSPS) is 22.7. The molecule has 0 spiro atoms. The van der Waals surface area contributed by atoms with Crippen LogP contribution in [0.25, 0.3) is 11.0 Å². The SMILES string of the molecule is Cc1cc(C(=O)N(C)C2CC3CCC(C2)N3)nc2c1c(=O)n(C)c(=O)n2C.Cl.Cl. The van der Waals surface area contributed by atoms with E-state index in [9.17, 15) is 14.4 Å². The number of aryl methyl sites for hydroxylation is 2. The Balaban J connectivity index is 0.00000150. The van der Waals surface area contributed by atoms with E-state index in [0.29, 0.717) is 23.0 Å². The van der Waals surface area contributed by atoms with Crippen LogP contribution >= 0.6 is 24.8 Å². The molecule has 2 aromatic rings. The van der Waals surface area contributed by atoms with Crippen LogP contribution in [0.2, 0.25) is 0 Å². The molecule has 0 aromatic carbocycles. The molecule has 0 saturated carbocycles. The summed E-state index contributed by atoms with van der Waals surface area (Å²) in [4.78, 5) is 44.0. The van der Waals surface area contributed by atoms with Crippen LogP contribution < -0.4 is 16.6 Å². The van der Waals surface area contributed by atoms with Crippen molar-refractivity contribution in [3.8, 4) is 0 Å². The largest absolute Gasteiger partial charge is 0.337 e. The quantitative estimate of drug-likeness (QED) is 0.751. The molecule has 2 aliphatic rings. The first-order chi connectivity index (χ1) is 12.8. The molecule has 2 aliphatic heterocycles. The lowest BCUT2D eigenvalue weighted by Gasteiger charge is -2.35. The van der Waals surface area contributed by atoms with Gasteiger partial charge in [-0.25, -0.2) is 9.78 Å². The van der Waals surface area contributed by atoms with Gasteiger partial charge in [0.2, 0.25) is 0 Å².